The van der Waals surface area contributed by atoms with Crippen molar-refractivity contribution in [3.8, 4) is 17.2 Å². The van der Waals surface area contributed by atoms with Gasteiger partial charge < -0.3 is 14.2 Å². The van der Waals surface area contributed by atoms with Crippen molar-refractivity contribution in [3.05, 3.63) is 91.4 Å². The van der Waals surface area contributed by atoms with Crippen molar-refractivity contribution in [3.63, 3.8) is 0 Å². The highest BCUT2D eigenvalue weighted by Crippen LogP contribution is 2.37. The lowest BCUT2D eigenvalue weighted by molar-refractivity contribution is -0.384. The van der Waals surface area contributed by atoms with Gasteiger partial charge in [-0.1, -0.05) is 11.6 Å². The van der Waals surface area contributed by atoms with Crippen LogP contribution in [-0.2, 0) is 11.4 Å². The van der Waals surface area contributed by atoms with Crippen LogP contribution in [0.15, 0.2) is 70.2 Å². The second kappa shape index (κ2) is 12.7. The third-order valence-corrected chi connectivity index (χ3v) is 5.29. The normalized spacial score (nSPS) is 10.7. The maximum absolute atomic E-state index is 12.0. The fourth-order valence-electron chi connectivity index (χ4n) is 2.83. The lowest BCUT2D eigenvalue weighted by atomic mass is 10.2. The average Bonchev–Trinajstić information content (AvgIpc) is 2.83. The minimum Gasteiger partial charge on any atom is -0.490 e. The smallest absolute Gasteiger partial charge is 0.277 e. The molecule has 1 N–H and O–H groups in total. The molecule has 11 heteroatoms. The van der Waals surface area contributed by atoms with E-state index in [0.29, 0.717) is 38.9 Å². The Morgan fingerprint density at radius 3 is 2.49 bits per heavy atom. The monoisotopic (exact) mass is 561 g/mol. The maximum atomic E-state index is 12.0. The van der Waals surface area contributed by atoms with E-state index in [1.54, 1.807) is 48.5 Å². The Bertz CT molecular complexity index is 1200. The molecule has 182 valence electrons. The topological polar surface area (TPSA) is 112 Å². The molecule has 0 saturated heterocycles. The van der Waals surface area contributed by atoms with E-state index in [-0.39, 0.29) is 18.9 Å². The predicted octanol–water partition coefficient (Wildman–Crippen LogP) is 5.52. The number of nitrogens with one attached hydrogen (secondary N) is 1. The van der Waals surface area contributed by atoms with E-state index >= 15 is 0 Å². The number of amides is 1. The minimum atomic E-state index is -0.455. The minimum absolute atomic E-state index is 0.0113. The zero-order valence-electron chi connectivity index (χ0n) is 18.6. The summed E-state index contributed by atoms with van der Waals surface area (Å²) in [5.41, 5.74) is 3.83. The summed E-state index contributed by atoms with van der Waals surface area (Å²) >= 11 is 9.29. The number of hydrogen-bond acceptors (Lipinski definition) is 7. The number of nitrogens with zero attached hydrogens (tertiary/aromatic N) is 2. The van der Waals surface area contributed by atoms with Crippen LogP contribution in [0.4, 0.5) is 5.69 Å². The van der Waals surface area contributed by atoms with E-state index in [9.17, 15) is 14.9 Å². The van der Waals surface area contributed by atoms with Gasteiger partial charge in [0.2, 0.25) is 0 Å². The molecule has 0 unspecified atom stereocenters. The van der Waals surface area contributed by atoms with Crippen LogP contribution < -0.4 is 19.6 Å². The molecule has 0 bridgehead atoms. The van der Waals surface area contributed by atoms with Gasteiger partial charge in [-0.15, -0.1) is 0 Å². The third-order valence-electron chi connectivity index (χ3n) is 4.45. The van der Waals surface area contributed by atoms with E-state index in [4.69, 9.17) is 25.8 Å². The zero-order valence-corrected chi connectivity index (χ0v) is 20.9. The molecule has 0 aliphatic carbocycles. The van der Waals surface area contributed by atoms with Crippen molar-refractivity contribution in [2.24, 2.45) is 5.10 Å². The molecule has 0 aliphatic heterocycles. The van der Waals surface area contributed by atoms with Crippen LogP contribution in [0.3, 0.4) is 0 Å². The molecule has 35 heavy (non-hydrogen) atoms. The zero-order chi connectivity index (χ0) is 25.2. The number of ether oxygens (including phenoxy) is 3. The Kier molecular flexibility index (Phi) is 9.45. The molecule has 3 rings (SSSR count). The Morgan fingerprint density at radius 1 is 1.11 bits per heavy atom. The lowest BCUT2D eigenvalue weighted by Gasteiger charge is -2.14. The average molecular weight is 563 g/mol. The summed E-state index contributed by atoms with van der Waals surface area (Å²) in [7, 11) is 0. The summed E-state index contributed by atoms with van der Waals surface area (Å²) < 4.78 is 17.6. The molecule has 1 amide bonds. The van der Waals surface area contributed by atoms with Gasteiger partial charge in [0.15, 0.2) is 18.1 Å². The standard InChI is InChI=1S/C24H21BrClN3O6/c1-2-33-22-12-17(13-27-28-23(30)15-34-20-9-5-18(26)6-10-20)11-21(25)24(22)35-14-16-3-7-19(8-4-16)29(31)32/h3-13H,2,14-15H2,1H3,(H,28,30)/b27-13-. The number of rotatable bonds is 11. The summed E-state index contributed by atoms with van der Waals surface area (Å²) in [5.74, 6) is 1.04. The van der Waals surface area contributed by atoms with Crippen molar-refractivity contribution in [2.45, 2.75) is 13.5 Å². The highest BCUT2D eigenvalue weighted by atomic mass is 79.9. The number of nitro groups is 1. The number of non-ortho nitro benzene ring substituents is 1. The second-order valence-electron chi connectivity index (χ2n) is 7.01. The first-order valence-corrected chi connectivity index (χ1v) is 11.6. The van der Waals surface area contributed by atoms with Gasteiger partial charge in [0.05, 0.1) is 22.2 Å². The molecular weight excluding hydrogens is 542 g/mol. The van der Waals surface area contributed by atoms with E-state index in [1.807, 2.05) is 6.92 Å². The molecule has 0 heterocycles. The number of hydrogen-bond donors (Lipinski definition) is 1. The Labute approximate surface area is 214 Å². The van der Waals surface area contributed by atoms with Gasteiger partial charge in [-0.05, 0) is 82.5 Å². The fraction of sp³-hybridized carbons (Fsp3) is 0.167. The molecule has 0 fully saturated rings. The van der Waals surface area contributed by atoms with E-state index in [0.717, 1.165) is 5.56 Å². The molecule has 0 aromatic heterocycles. The number of hydrazone groups is 1. The lowest BCUT2D eigenvalue weighted by Crippen LogP contribution is -2.24. The molecule has 3 aromatic rings. The molecular formula is C24H21BrClN3O6. The fourth-order valence-corrected chi connectivity index (χ4v) is 3.53. The van der Waals surface area contributed by atoms with Crippen LogP contribution in [-0.4, -0.2) is 30.3 Å². The first-order valence-electron chi connectivity index (χ1n) is 10.4. The van der Waals surface area contributed by atoms with Crippen molar-refractivity contribution >= 4 is 45.3 Å². The molecule has 9 nitrogen and oxygen atoms in total. The molecule has 0 saturated carbocycles. The quantitative estimate of drug-likeness (QED) is 0.187. The molecule has 0 atom stereocenters. The summed E-state index contributed by atoms with van der Waals surface area (Å²) in [4.78, 5) is 22.3. The number of nitro benzene ring substituents is 1. The first-order chi connectivity index (χ1) is 16.9. The maximum Gasteiger partial charge on any atom is 0.277 e. The highest BCUT2D eigenvalue weighted by molar-refractivity contribution is 9.10. The van der Waals surface area contributed by atoms with Crippen LogP contribution in [0.5, 0.6) is 17.2 Å². The Morgan fingerprint density at radius 2 is 1.83 bits per heavy atom. The van der Waals surface area contributed by atoms with Crippen molar-refractivity contribution in [2.75, 3.05) is 13.2 Å². The van der Waals surface area contributed by atoms with Crippen LogP contribution in [0.25, 0.3) is 0 Å². The van der Waals surface area contributed by atoms with Gasteiger partial charge in [0.25, 0.3) is 11.6 Å². The first kappa shape index (κ1) is 26.0. The number of benzene rings is 3. The number of halogens is 2. The highest BCUT2D eigenvalue weighted by Gasteiger charge is 2.13. The van der Waals surface area contributed by atoms with E-state index in [2.05, 4.69) is 26.5 Å². The van der Waals surface area contributed by atoms with Crippen LogP contribution in [0, 0.1) is 10.1 Å². The van der Waals surface area contributed by atoms with Gasteiger partial charge in [0, 0.05) is 17.2 Å². The Balaban J connectivity index is 1.60. The molecule has 0 spiro atoms. The molecule has 0 radical (unpaired) electrons. The van der Waals surface area contributed by atoms with Gasteiger partial charge in [-0.3, -0.25) is 14.9 Å². The van der Waals surface area contributed by atoms with Crippen LogP contribution >= 0.6 is 27.5 Å². The molecule has 3 aromatic carbocycles. The second-order valence-corrected chi connectivity index (χ2v) is 8.30. The van der Waals surface area contributed by atoms with E-state index in [1.165, 1.54) is 18.3 Å². The van der Waals surface area contributed by atoms with Crippen molar-refractivity contribution in [1.29, 1.82) is 0 Å². The largest absolute Gasteiger partial charge is 0.490 e. The van der Waals surface area contributed by atoms with Crippen LogP contribution in [0.1, 0.15) is 18.1 Å². The van der Waals surface area contributed by atoms with Gasteiger partial charge in [-0.2, -0.15) is 5.10 Å². The van der Waals surface area contributed by atoms with Crippen LogP contribution in [0.2, 0.25) is 5.02 Å². The summed E-state index contributed by atoms with van der Waals surface area (Å²) in [6, 6.07) is 16.2. The van der Waals surface area contributed by atoms with Gasteiger partial charge >= 0.3 is 0 Å². The predicted molar refractivity (Wildman–Crippen MR) is 135 cm³/mol. The number of carbonyl (C=O) groups excluding carboxylic acids is 1. The van der Waals surface area contributed by atoms with Gasteiger partial charge in [-0.25, -0.2) is 5.43 Å². The summed E-state index contributed by atoms with van der Waals surface area (Å²) in [6.45, 7) is 2.23. The van der Waals surface area contributed by atoms with Crippen molar-refractivity contribution in [1.82, 2.24) is 5.43 Å². The SMILES string of the molecule is CCOc1cc(/C=N\NC(=O)COc2ccc(Cl)cc2)cc(Br)c1OCc1ccc([N+](=O)[O-])cc1. The third kappa shape index (κ3) is 7.97. The van der Waals surface area contributed by atoms with Gasteiger partial charge in [0.1, 0.15) is 12.4 Å². The van der Waals surface area contributed by atoms with E-state index < -0.39 is 10.8 Å². The number of carbonyl (C=O) groups is 1. The Hall–Kier alpha value is -3.63. The van der Waals surface area contributed by atoms with Crippen molar-refractivity contribution < 1.29 is 23.9 Å². The summed E-state index contributed by atoms with van der Waals surface area (Å²) in [6.07, 6.45) is 1.47. The molecule has 0 aliphatic rings. The summed E-state index contributed by atoms with van der Waals surface area (Å²) in [5, 5.41) is 15.3.